The fraction of sp³-hybridized carbons (Fsp3) is 0.325. The summed E-state index contributed by atoms with van der Waals surface area (Å²) in [6.45, 7) is 5.06. The summed E-state index contributed by atoms with van der Waals surface area (Å²) in [5, 5.41) is 14.3. The second-order valence-corrected chi connectivity index (χ2v) is 13.6. The summed E-state index contributed by atoms with van der Waals surface area (Å²) in [7, 11) is 1.76. The Kier molecular flexibility index (Phi) is 9.35. The van der Waals surface area contributed by atoms with Crippen molar-refractivity contribution < 1.29 is 33.3 Å². The van der Waals surface area contributed by atoms with Crippen molar-refractivity contribution in [3.8, 4) is 28.5 Å². The summed E-state index contributed by atoms with van der Waals surface area (Å²) in [4.78, 5) is 35.5. The molecule has 1 N–H and O–H groups in total. The van der Waals surface area contributed by atoms with E-state index in [9.17, 15) is 14.3 Å². The quantitative estimate of drug-likeness (QED) is 0.213. The van der Waals surface area contributed by atoms with Crippen LogP contribution in [0.5, 0.6) is 17.2 Å². The molecule has 3 aromatic carbocycles. The summed E-state index contributed by atoms with van der Waals surface area (Å²) in [5.41, 5.74) is 5.58. The molecule has 1 saturated heterocycles. The number of carbonyl (C=O) groups is 2. The van der Waals surface area contributed by atoms with E-state index in [1.807, 2.05) is 17.0 Å². The maximum absolute atomic E-state index is 15.1. The molecule has 1 fully saturated rings. The Morgan fingerprint density at radius 2 is 1.70 bits per heavy atom. The fourth-order valence-corrected chi connectivity index (χ4v) is 7.64. The predicted octanol–water partition coefficient (Wildman–Crippen LogP) is 5.48. The third-order valence-corrected chi connectivity index (χ3v) is 10.4. The zero-order valence-corrected chi connectivity index (χ0v) is 29.7. The Labute approximate surface area is 306 Å². The molecule has 8 rings (SSSR count). The maximum Gasteiger partial charge on any atom is 0.264 e. The highest BCUT2D eigenvalue weighted by molar-refractivity contribution is 6.12. The Bertz CT molecular complexity index is 2160. The van der Waals surface area contributed by atoms with Gasteiger partial charge in [0, 0.05) is 62.4 Å². The first kappa shape index (κ1) is 34.4. The number of carbonyl (C=O) groups excluding carboxylic acids is 2. The lowest BCUT2D eigenvalue weighted by Gasteiger charge is -2.40. The van der Waals surface area contributed by atoms with Crippen LogP contribution in [-0.4, -0.2) is 93.4 Å². The van der Waals surface area contributed by atoms with Gasteiger partial charge in [-0.15, -0.1) is 0 Å². The van der Waals surface area contributed by atoms with Crippen LogP contribution in [0.4, 0.5) is 15.8 Å². The number of benzene rings is 3. The van der Waals surface area contributed by atoms with Gasteiger partial charge in [-0.2, -0.15) is 5.10 Å². The number of halogens is 1. The first-order valence-corrected chi connectivity index (χ1v) is 17.8. The minimum Gasteiger partial charge on any atom is -0.508 e. The zero-order chi connectivity index (χ0) is 36.6. The lowest BCUT2D eigenvalue weighted by molar-refractivity contribution is 0.0193. The van der Waals surface area contributed by atoms with Crippen LogP contribution < -0.4 is 14.4 Å². The zero-order valence-electron chi connectivity index (χ0n) is 29.7. The number of aromatic hydroxyl groups is 1. The summed E-state index contributed by atoms with van der Waals surface area (Å²) in [6.07, 6.45) is 4.01. The second kappa shape index (κ2) is 14.4. The molecule has 2 aromatic heterocycles. The topological polar surface area (TPSA) is 115 Å². The van der Waals surface area contributed by atoms with Gasteiger partial charge in [0.2, 0.25) is 6.79 Å². The number of hydrogen-bond donors (Lipinski definition) is 1. The first-order valence-electron chi connectivity index (χ1n) is 17.8. The average molecular weight is 721 g/mol. The van der Waals surface area contributed by atoms with Gasteiger partial charge < -0.3 is 28.8 Å². The van der Waals surface area contributed by atoms with Crippen LogP contribution in [0.25, 0.3) is 11.3 Å². The number of nitrogens with zero attached hydrogens (tertiary/aromatic N) is 6. The van der Waals surface area contributed by atoms with E-state index in [0.717, 1.165) is 18.7 Å². The number of amides is 2. The number of rotatable bonds is 9. The van der Waals surface area contributed by atoms with Crippen molar-refractivity contribution in [1.29, 1.82) is 0 Å². The molecule has 0 aliphatic carbocycles. The fourth-order valence-electron chi connectivity index (χ4n) is 7.64. The molecular weight excluding hydrogens is 679 g/mol. The van der Waals surface area contributed by atoms with Crippen molar-refractivity contribution in [2.24, 2.45) is 7.05 Å². The summed E-state index contributed by atoms with van der Waals surface area (Å²) in [6, 6.07) is 19.6. The second-order valence-electron chi connectivity index (χ2n) is 13.6. The van der Waals surface area contributed by atoms with Crippen LogP contribution in [0.1, 0.15) is 37.5 Å². The molecule has 274 valence electrons. The number of morpholine rings is 1. The number of alkyl halides is 1. The molecule has 53 heavy (non-hydrogen) atoms. The van der Waals surface area contributed by atoms with Crippen molar-refractivity contribution in [2.45, 2.75) is 32.5 Å². The summed E-state index contributed by atoms with van der Waals surface area (Å²) >= 11 is 0. The predicted molar refractivity (Wildman–Crippen MR) is 196 cm³/mol. The van der Waals surface area contributed by atoms with E-state index in [2.05, 4.69) is 22.1 Å². The molecule has 3 aliphatic rings. The third kappa shape index (κ3) is 6.62. The van der Waals surface area contributed by atoms with Crippen LogP contribution in [0.3, 0.4) is 0 Å². The number of fused-ring (bicyclic) bond motifs is 2. The molecular formula is C40H41FN6O6. The summed E-state index contributed by atoms with van der Waals surface area (Å²) < 4.78 is 34.9. The molecule has 0 bridgehead atoms. The van der Waals surface area contributed by atoms with E-state index in [-0.39, 0.29) is 36.9 Å². The third-order valence-electron chi connectivity index (χ3n) is 10.4. The largest absolute Gasteiger partial charge is 0.508 e. The van der Waals surface area contributed by atoms with Crippen molar-refractivity contribution in [2.75, 3.05) is 51.2 Å². The van der Waals surface area contributed by atoms with Gasteiger partial charge in [-0.1, -0.05) is 24.3 Å². The first-order chi connectivity index (χ1) is 25.8. The van der Waals surface area contributed by atoms with Crippen molar-refractivity contribution in [1.82, 2.24) is 24.1 Å². The van der Waals surface area contributed by atoms with Crippen LogP contribution in [0, 0.1) is 6.92 Å². The number of phenolic OH excluding ortho intramolecular Hbond substituents is 1. The van der Waals surface area contributed by atoms with Gasteiger partial charge in [0.15, 0.2) is 11.5 Å². The monoisotopic (exact) mass is 720 g/mol. The lowest BCUT2D eigenvalue weighted by atomic mass is 9.92. The Morgan fingerprint density at radius 1 is 0.962 bits per heavy atom. The van der Waals surface area contributed by atoms with Crippen molar-refractivity contribution in [3.63, 3.8) is 0 Å². The SMILES string of the molecule is Cc1c(C(=O)N(c2ccc(O)cc2)c2cnn(C)c2)cc(-c2cc3c(cc2C(=O)N2Cc4ccccc4C[C@H]2CN2CCOCC2)OCO3)n1CCF. The molecule has 0 saturated carbocycles. The van der Waals surface area contributed by atoms with E-state index in [1.165, 1.54) is 22.6 Å². The normalized spacial score (nSPS) is 16.8. The van der Waals surface area contributed by atoms with Crippen LogP contribution in [0.15, 0.2) is 79.1 Å². The average Bonchev–Trinajstić information content (AvgIpc) is 3.90. The molecule has 12 nitrogen and oxygen atoms in total. The summed E-state index contributed by atoms with van der Waals surface area (Å²) in [5.74, 6) is 0.401. The number of ether oxygens (including phenoxy) is 3. The van der Waals surface area contributed by atoms with E-state index in [4.69, 9.17) is 14.2 Å². The van der Waals surface area contributed by atoms with Gasteiger partial charge in [-0.05, 0) is 66.9 Å². The highest BCUT2D eigenvalue weighted by Crippen LogP contribution is 2.42. The van der Waals surface area contributed by atoms with E-state index >= 15 is 4.79 Å². The highest BCUT2D eigenvalue weighted by Gasteiger charge is 2.35. The van der Waals surface area contributed by atoms with Gasteiger partial charge in [0.1, 0.15) is 12.4 Å². The molecule has 3 aliphatic heterocycles. The van der Waals surface area contributed by atoms with Crippen LogP contribution >= 0.6 is 0 Å². The standard InChI is InChI=1S/C40H41FN6O6/c1-26-33(40(50)47(31-21-42-43(2)23-31)29-7-9-32(48)10-8-29)18-36(45(26)12-11-41)34-19-37-38(53-25-52-37)20-35(34)39(49)46-22-28-6-4-3-5-27(28)17-30(46)24-44-13-15-51-16-14-44/h3-10,18-21,23,30,48H,11-17,22,24-25H2,1-2H3/t30-/m0/s1. The molecule has 5 aromatic rings. The molecule has 0 unspecified atom stereocenters. The molecule has 13 heteroatoms. The number of aromatic nitrogens is 3. The van der Waals surface area contributed by atoms with Crippen LogP contribution in [0.2, 0.25) is 0 Å². The molecule has 2 amide bonds. The Hall–Kier alpha value is -5.66. The van der Waals surface area contributed by atoms with Gasteiger partial charge in [0.05, 0.1) is 48.5 Å². The van der Waals surface area contributed by atoms with Gasteiger partial charge >= 0.3 is 0 Å². The van der Waals surface area contributed by atoms with Gasteiger partial charge in [0.25, 0.3) is 11.8 Å². The van der Waals surface area contributed by atoms with Gasteiger partial charge in [-0.3, -0.25) is 24.1 Å². The van der Waals surface area contributed by atoms with E-state index in [0.29, 0.717) is 83.7 Å². The Balaban J connectivity index is 1.23. The van der Waals surface area contributed by atoms with Crippen molar-refractivity contribution in [3.05, 3.63) is 107 Å². The highest BCUT2D eigenvalue weighted by atomic mass is 19.1. The molecule has 0 spiro atoms. The molecule has 1 atom stereocenters. The van der Waals surface area contributed by atoms with Crippen molar-refractivity contribution >= 4 is 23.2 Å². The number of anilines is 2. The smallest absolute Gasteiger partial charge is 0.264 e. The van der Waals surface area contributed by atoms with Crippen LogP contribution in [-0.2, 0) is 31.3 Å². The minimum absolute atomic E-state index is 0.00409. The molecule has 5 heterocycles. The Morgan fingerprint density at radius 3 is 2.42 bits per heavy atom. The molecule has 0 radical (unpaired) electrons. The maximum atomic E-state index is 15.1. The number of hydrogen-bond acceptors (Lipinski definition) is 8. The van der Waals surface area contributed by atoms with E-state index in [1.54, 1.807) is 65.9 Å². The van der Waals surface area contributed by atoms with Gasteiger partial charge in [-0.25, -0.2) is 4.39 Å². The lowest BCUT2D eigenvalue weighted by Crippen LogP contribution is -2.52. The van der Waals surface area contributed by atoms with E-state index < -0.39 is 6.67 Å². The number of phenols is 1. The number of aryl methyl sites for hydroxylation is 1. The minimum atomic E-state index is -0.696.